The number of nitrogens with zero attached hydrogens (tertiary/aromatic N) is 1. The minimum Gasteiger partial charge on any atom is -0.294 e. The van der Waals surface area contributed by atoms with E-state index in [9.17, 15) is 9.59 Å². The van der Waals surface area contributed by atoms with Crippen LogP contribution in [-0.2, 0) is 9.59 Å². The molecule has 138 valence electrons. The molecule has 0 saturated heterocycles. The first-order valence-electron chi connectivity index (χ1n) is 9.37. The van der Waals surface area contributed by atoms with E-state index in [0.29, 0.717) is 17.9 Å². The monoisotopic (exact) mass is 379 g/mol. The van der Waals surface area contributed by atoms with Crippen LogP contribution < -0.4 is 4.90 Å². The average molecular weight is 380 g/mol. The van der Waals surface area contributed by atoms with E-state index in [2.05, 4.69) is 6.92 Å². The van der Waals surface area contributed by atoms with E-state index < -0.39 is 0 Å². The largest absolute Gasteiger partial charge is 0.294 e. The van der Waals surface area contributed by atoms with Gasteiger partial charge in [-0.2, -0.15) is 0 Å². The van der Waals surface area contributed by atoms with Crippen LogP contribution in [0.15, 0.2) is 53.7 Å². The number of allylic oxidation sites excluding steroid dienone is 2. The first kappa shape index (κ1) is 18.0. The molecule has 0 saturated carbocycles. The standard InChI is InChI=1S/C23H22ClNO2/c1-14-6-11-18(12-15(14)2)25-20-4-3-5-21(26)23(20)19(13-22(25)27)16-7-9-17(24)10-8-16/h6-12,19H,3-5,13H2,1-2H3. The number of aryl methyl sites for hydroxylation is 2. The summed E-state index contributed by atoms with van der Waals surface area (Å²) in [4.78, 5) is 27.8. The fraction of sp³-hybridized carbons (Fsp3) is 0.304. The van der Waals surface area contributed by atoms with Crippen LogP contribution in [0.1, 0.15) is 48.3 Å². The molecule has 0 radical (unpaired) electrons. The van der Waals surface area contributed by atoms with Crippen LogP contribution >= 0.6 is 11.6 Å². The second-order valence-electron chi connectivity index (χ2n) is 7.44. The lowest BCUT2D eigenvalue weighted by molar-refractivity contribution is -0.119. The van der Waals surface area contributed by atoms with Gasteiger partial charge in [0.15, 0.2) is 5.78 Å². The lowest BCUT2D eigenvalue weighted by atomic mass is 9.77. The van der Waals surface area contributed by atoms with E-state index in [1.165, 1.54) is 5.56 Å². The number of rotatable bonds is 2. The number of halogens is 1. The molecule has 1 unspecified atom stereocenters. The third-order valence-corrected chi connectivity index (χ3v) is 5.95. The van der Waals surface area contributed by atoms with E-state index >= 15 is 0 Å². The van der Waals surface area contributed by atoms with Gasteiger partial charge >= 0.3 is 0 Å². The maximum atomic E-state index is 13.2. The van der Waals surface area contributed by atoms with Crippen LogP contribution in [0.4, 0.5) is 5.69 Å². The fourth-order valence-electron chi connectivity index (χ4n) is 4.14. The fourth-order valence-corrected chi connectivity index (χ4v) is 4.26. The number of hydrogen-bond donors (Lipinski definition) is 0. The zero-order chi connectivity index (χ0) is 19.1. The molecular formula is C23H22ClNO2. The number of carbonyl (C=O) groups excluding carboxylic acids is 2. The third kappa shape index (κ3) is 3.21. The Balaban J connectivity index is 1.85. The van der Waals surface area contributed by atoms with Crippen molar-refractivity contribution in [1.82, 2.24) is 0 Å². The molecule has 2 aliphatic rings. The molecular weight excluding hydrogens is 358 g/mol. The quantitative estimate of drug-likeness (QED) is 0.692. The lowest BCUT2D eigenvalue weighted by Gasteiger charge is -2.38. The predicted molar refractivity (Wildman–Crippen MR) is 108 cm³/mol. The summed E-state index contributed by atoms with van der Waals surface area (Å²) in [6.07, 6.45) is 2.40. The first-order valence-corrected chi connectivity index (χ1v) is 9.75. The summed E-state index contributed by atoms with van der Waals surface area (Å²) in [5.41, 5.74) is 5.86. The number of amides is 1. The molecule has 3 nitrogen and oxygen atoms in total. The van der Waals surface area contributed by atoms with E-state index in [-0.39, 0.29) is 17.6 Å². The predicted octanol–water partition coefficient (Wildman–Crippen LogP) is 5.48. The Morgan fingerprint density at radius 1 is 0.963 bits per heavy atom. The van der Waals surface area contributed by atoms with Crippen molar-refractivity contribution in [2.75, 3.05) is 4.90 Å². The number of Topliss-reactive ketones (excluding diaryl/α,β-unsaturated/α-hetero) is 1. The van der Waals surface area contributed by atoms with E-state index in [0.717, 1.165) is 40.9 Å². The molecule has 0 N–H and O–H groups in total. The number of carbonyl (C=O) groups is 2. The summed E-state index contributed by atoms with van der Waals surface area (Å²) >= 11 is 6.02. The van der Waals surface area contributed by atoms with Crippen molar-refractivity contribution in [3.05, 3.63) is 75.4 Å². The topological polar surface area (TPSA) is 37.4 Å². The molecule has 1 aliphatic carbocycles. The molecule has 0 spiro atoms. The highest BCUT2D eigenvalue weighted by Gasteiger charge is 2.39. The highest BCUT2D eigenvalue weighted by molar-refractivity contribution is 6.30. The molecule has 0 aromatic heterocycles. The maximum absolute atomic E-state index is 13.2. The van der Waals surface area contributed by atoms with E-state index in [4.69, 9.17) is 11.6 Å². The van der Waals surface area contributed by atoms with Crippen LogP contribution in [0.25, 0.3) is 0 Å². The SMILES string of the molecule is Cc1ccc(N2C(=O)CC(c3ccc(Cl)cc3)C3=C2CCCC3=O)cc1C. The van der Waals surface area contributed by atoms with Gasteiger partial charge in [-0.1, -0.05) is 29.8 Å². The summed E-state index contributed by atoms with van der Waals surface area (Å²) in [5.74, 6) is 0.0320. The zero-order valence-corrected chi connectivity index (χ0v) is 16.3. The second-order valence-corrected chi connectivity index (χ2v) is 7.88. The van der Waals surface area contributed by atoms with Crippen molar-refractivity contribution in [2.45, 2.75) is 45.4 Å². The molecule has 0 fully saturated rings. The first-order chi connectivity index (χ1) is 13.0. The van der Waals surface area contributed by atoms with E-state index in [1.54, 1.807) is 4.90 Å². The Morgan fingerprint density at radius 3 is 2.41 bits per heavy atom. The minimum atomic E-state index is -0.180. The van der Waals surface area contributed by atoms with Crippen LogP contribution in [0.5, 0.6) is 0 Å². The zero-order valence-electron chi connectivity index (χ0n) is 15.6. The Kier molecular flexibility index (Phi) is 4.65. The molecule has 0 bridgehead atoms. The van der Waals surface area contributed by atoms with Crippen molar-refractivity contribution < 1.29 is 9.59 Å². The number of hydrogen-bond acceptors (Lipinski definition) is 2. The Hall–Kier alpha value is -2.39. The lowest BCUT2D eigenvalue weighted by Crippen LogP contribution is -2.40. The molecule has 4 heteroatoms. The van der Waals surface area contributed by atoms with Gasteiger partial charge in [0, 0.05) is 40.7 Å². The Bertz CT molecular complexity index is 959. The molecule has 1 aliphatic heterocycles. The summed E-state index contributed by atoms with van der Waals surface area (Å²) in [6, 6.07) is 13.6. The number of benzene rings is 2. The molecule has 4 rings (SSSR count). The Labute approximate surface area is 164 Å². The third-order valence-electron chi connectivity index (χ3n) is 5.70. The van der Waals surface area contributed by atoms with Crippen molar-refractivity contribution in [3.8, 4) is 0 Å². The molecule has 1 amide bonds. The molecule has 2 aromatic carbocycles. The highest BCUT2D eigenvalue weighted by atomic mass is 35.5. The average Bonchev–Trinajstić information content (AvgIpc) is 2.64. The molecule has 2 aromatic rings. The summed E-state index contributed by atoms with van der Waals surface area (Å²) in [7, 11) is 0. The van der Waals surface area contributed by atoms with Crippen molar-refractivity contribution in [1.29, 1.82) is 0 Å². The number of ketones is 1. The van der Waals surface area contributed by atoms with Crippen molar-refractivity contribution in [3.63, 3.8) is 0 Å². The van der Waals surface area contributed by atoms with Crippen LogP contribution in [0.2, 0.25) is 5.02 Å². The molecule has 1 heterocycles. The van der Waals surface area contributed by atoms with Gasteiger partial charge in [0.25, 0.3) is 0 Å². The molecule has 27 heavy (non-hydrogen) atoms. The highest BCUT2D eigenvalue weighted by Crippen LogP contribution is 2.43. The molecule has 1 atom stereocenters. The van der Waals surface area contributed by atoms with Gasteiger partial charge in [-0.15, -0.1) is 0 Å². The van der Waals surface area contributed by atoms with Gasteiger partial charge in [0.2, 0.25) is 5.91 Å². The van der Waals surface area contributed by atoms with Gasteiger partial charge in [0.05, 0.1) is 0 Å². The van der Waals surface area contributed by atoms with Crippen LogP contribution in [-0.4, -0.2) is 11.7 Å². The summed E-state index contributed by atoms with van der Waals surface area (Å²) in [5, 5.41) is 0.654. The minimum absolute atomic E-state index is 0.0478. The van der Waals surface area contributed by atoms with E-state index in [1.807, 2.05) is 49.4 Å². The second kappa shape index (κ2) is 6.97. The van der Waals surface area contributed by atoms with Gasteiger partial charge in [-0.05, 0) is 67.6 Å². The number of anilines is 1. The summed E-state index contributed by atoms with van der Waals surface area (Å²) in [6.45, 7) is 4.10. The van der Waals surface area contributed by atoms with Gasteiger partial charge < -0.3 is 0 Å². The Morgan fingerprint density at radius 2 is 1.70 bits per heavy atom. The van der Waals surface area contributed by atoms with Crippen molar-refractivity contribution >= 4 is 29.0 Å². The summed E-state index contributed by atoms with van der Waals surface area (Å²) < 4.78 is 0. The van der Waals surface area contributed by atoms with Gasteiger partial charge in [0.1, 0.15) is 0 Å². The maximum Gasteiger partial charge on any atom is 0.232 e. The van der Waals surface area contributed by atoms with Gasteiger partial charge in [-0.3, -0.25) is 14.5 Å². The van der Waals surface area contributed by atoms with Crippen LogP contribution in [0, 0.1) is 13.8 Å². The normalized spacial score (nSPS) is 20.1. The van der Waals surface area contributed by atoms with Crippen LogP contribution in [0.3, 0.4) is 0 Å². The van der Waals surface area contributed by atoms with Crippen molar-refractivity contribution in [2.24, 2.45) is 0 Å². The van der Waals surface area contributed by atoms with Gasteiger partial charge in [-0.25, -0.2) is 0 Å². The smallest absolute Gasteiger partial charge is 0.232 e.